The van der Waals surface area contributed by atoms with Crippen LogP contribution in [0.3, 0.4) is 0 Å². The molecule has 0 radical (unpaired) electrons. The molecule has 0 aliphatic rings. The summed E-state index contributed by atoms with van der Waals surface area (Å²) in [4.78, 5) is 12.5. The van der Waals surface area contributed by atoms with Gasteiger partial charge >= 0.3 is 0 Å². The van der Waals surface area contributed by atoms with Crippen LogP contribution in [0.15, 0.2) is 42.6 Å². The third-order valence-electron chi connectivity index (χ3n) is 3.54. The number of hydrogen-bond donors (Lipinski definition) is 2. The predicted molar refractivity (Wildman–Crippen MR) is 89.5 cm³/mol. The van der Waals surface area contributed by atoms with Gasteiger partial charge in [0.25, 0.3) is 5.91 Å². The largest absolute Gasteiger partial charge is 0.386 e. The normalized spacial score (nSPS) is 12.5. The third kappa shape index (κ3) is 2.88. The summed E-state index contributed by atoms with van der Waals surface area (Å²) >= 11 is 7.04. The number of aliphatic hydroxyl groups is 1. The maximum absolute atomic E-state index is 12.0. The van der Waals surface area contributed by atoms with Crippen molar-refractivity contribution in [2.75, 3.05) is 6.54 Å². The molecule has 1 atom stereocenters. The first kappa shape index (κ1) is 15.1. The third-order valence-corrected chi connectivity index (χ3v) is 4.77. The van der Waals surface area contributed by atoms with Crippen LogP contribution in [0.2, 0.25) is 4.34 Å². The minimum atomic E-state index is -0.759. The minimum absolute atomic E-state index is 0.155. The molecule has 0 aliphatic carbocycles. The Morgan fingerprint density at radius 3 is 2.86 bits per heavy atom. The number of aliphatic hydroxyl groups excluding tert-OH is 1. The van der Waals surface area contributed by atoms with Gasteiger partial charge in [-0.3, -0.25) is 4.79 Å². The number of hydrogen-bond acceptors (Lipinski definition) is 3. The lowest BCUT2D eigenvalue weighted by atomic mass is 10.1. The molecule has 114 valence electrons. The van der Waals surface area contributed by atoms with E-state index in [9.17, 15) is 9.90 Å². The Kier molecular flexibility index (Phi) is 4.20. The molecular formula is C16H15ClN2O2S. The van der Waals surface area contributed by atoms with Gasteiger partial charge in [0.1, 0.15) is 0 Å². The lowest BCUT2D eigenvalue weighted by Gasteiger charge is -2.10. The van der Waals surface area contributed by atoms with E-state index in [1.54, 1.807) is 12.1 Å². The number of nitrogens with one attached hydrogen (secondary N) is 1. The molecule has 3 rings (SSSR count). The van der Waals surface area contributed by atoms with Crippen LogP contribution < -0.4 is 5.32 Å². The average Bonchev–Trinajstić information content (AvgIpc) is 3.09. The molecule has 0 unspecified atom stereocenters. The second kappa shape index (κ2) is 6.12. The Hall–Kier alpha value is -1.82. The summed E-state index contributed by atoms with van der Waals surface area (Å²) in [7, 11) is 1.94. The van der Waals surface area contributed by atoms with E-state index >= 15 is 0 Å². The van der Waals surface area contributed by atoms with Crippen LogP contribution in [0.1, 0.15) is 21.3 Å². The molecule has 1 amide bonds. The molecule has 0 saturated carbocycles. The minimum Gasteiger partial charge on any atom is -0.386 e. The van der Waals surface area contributed by atoms with Crippen LogP contribution in [-0.4, -0.2) is 22.1 Å². The van der Waals surface area contributed by atoms with Crippen LogP contribution in [0, 0.1) is 0 Å². The number of fused-ring (bicyclic) bond motifs is 1. The molecule has 0 saturated heterocycles. The van der Waals surface area contributed by atoms with Gasteiger partial charge in [0.15, 0.2) is 0 Å². The van der Waals surface area contributed by atoms with E-state index in [1.165, 1.54) is 11.3 Å². The summed E-state index contributed by atoms with van der Waals surface area (Å²) in [5.74, 6) is -0.226. The van der Waals surface area contributed by atoms with Crippen molar-refractivity contribution in [1.82, 2.24) is 9.88 Å². The van der Waals surface area contributed by atoms with Crippen molar-refractivity contribution in [2.45, 2.75) is 6.10 Å². The molecular weight excluding hydrogens is 320 g/mol. The van der Waals surface area contributed by atoms with Crippen molar-refractivity contribution in [1.29, 1.82) is 0 Å². The molecule has 0 spiro atoms. The highest BCUT2D eigenvalue weighted by molar-refractivity contribution is 7.17. The number of para-hydroxylation sites is 1. The topological polar surface area (TPSA) is 54.3 Å². The van der Waals surface area contributed by atoms with E-state index in [4.69, 9.17) is 11.6 Å². The Bertz CT molecular complexity index is 825. The lowest BCUT2D eigenvalue weighted by molar-refractivity contribution is 0.0921. The summed E-state index contributed by atoms with van der Waals surface area (Å²) < 4.78 is 2.54. The Labute approximate surface area is 136 Å². The van der Waals surface area contributed by atoms with Gasteiger partial charge in [-0.05, 0) is 18.2 Å². The van der Waals surface area contributed by atoms with Crippen molar-refractivity contribution >= 4 is 39.7 Å². The highest BCUT2D eigenvalue weighted by atomic mass is 35.5. The van der Waals surface area contributed by atoms with E-state index in [0.29, 0.717) is 9.21 Å². The van der Waals surface area contributed by atoms with Gasteiger partial charge in [-0.2, -0.15) is 0 Å². The predicted octanol–water partition coefficient (Wildman–Crippen LogP) is 3.36. The van der Waals surface area contributed by atoms with E-state index < -0.39 is 6.10 Å². The number of benzene rings is 1. The molecule has 2 N–H and O–H groups in total. The van der Waals surface area contributed by atoms with Gasteiger partial charge in [-0.1, -0.05) is 29.8 Å². The second-order valence-electron chi connectivity index (χ2n) is 5.04. The number of nitrogens with zero attached hydrogens (tertiary/aromatic N) is 1. The molecule has 2 aromatic heterocycles. The first-order valence-corrected chi connectivity index (χ1v) is 8.01. The summed E-state index contributed by atoms with van der Waals surface area (Å²) in [6, 6.07) is 11.2. The molecule has 1 aromatic carbocycles. The van der Waals surface area contributed by atoms with Crippen molar-refractivity contribution in [2.24, 2.45) is 7.05 Å². The number of thiophene rings is 1. The number of halogens is 1. The first-order chi connectivity index (χ1) is 10.6. The van der Waals surface area contributed by atoms with Crippen LogP contribution >= 0.6 is 22.9 Å². The molecule has 22 heavy (non-hydrogen) atoms. The lowest BCUT2D eigenvalue weighted by Crippen LogP contribution is -2.27. The smallest absolute Gasteiger partial charge is 0.261 e. The quantitative estimate of drug-likeness (QED) is 0.768. The van der Waals surface area contributed by atoms with E-state index in [0.717, 1.165) is 16.5 Å². The van der Waals surface area contributed by atoms with Crippen molar-refractivity contribution in [3.8, 4) is 0 Å². The molecule has 6 heteroatoms. The number of rotatable bonds is 4. The zero-order valence-corrected chi connectivity index (χ0v) is 13.5. The Morgan fingerprint density at radius 1 is 1.36 bits per heavy atom. The fourth-order valence-electron chi connectivity index (χ4n) is 2.46. The fourth-order valence-corrected chi connectivity index (χ4v) is 3.42. The Morgan fingerprint density at radius 2 is 2.14 bits per heavy atom. The van der Waals surface area contributed by atoms with Crippen LogP contribution in [0.5, 0.6) is 0 Å². The summed E-state index contributed by atoms with van der Waals surface area (Å²) in [6.07, 6.45) is 1.13. The molecule has 0 bridgehead atoms. The van der Waals surface area contributed by atoms with Gasteiger partial charge < -0.3 is 15.0 Å². The van der Waals surface area contributed by atoms with Gasteiger partial charge in [0.2, 0.25) is 0 Å². The van der Waals surface area contributed by atoms with E-state index in [1.807, 2.05) is 42.1 Å². The zero-order chi connectivity index (χ0) is 15.7. The molecule has 4 nitrogen and oxygen atoms in total. The van der Waals surface area contributed by atoms with E-state index in [2.05, 4.69) is 5.32 Å². The number of carbonyl (C=O) groups excluding carboxylic acids is 1. The van der Waals surface area contributed by atoms with E-state index in [-0.39, 0.29) is 12.5 Å². The highest BCUT2D eigenvalue weighted by Crippen LogP contribution is 2.26. The number of aromatic nitrogens is 1. The summed E-state index contributed by atoms with van der Waals surface area (Å²) in [5, 5.41) is 14.1. The summed E-state index contributed by atoms with van der Waals surface area (Å²) in [6.45, 7) is 0.155. The molecule has 2 heterocycles. The Balaban J connectivity index is 1.74. The van der Waals surface area contributed by atoms with Crippen LogP contribution in [0.4, 0.5) is 0 Å². The van der Waals surface area contributed by atoms with Crippen molar-refractivity contribution < 1.29 is 9.90 Å². The summed E-state index contributed by atoms with van der Waals surface area (Å²) in [5.41, 5.74) is 1.86. The number of carbonyl (C=O) groups is 1. The number of amides is 1. The van der Waals surface area contributed by atoms with Crippen LogP contribution in [0.25, 0.3) is 10.9 Å². The SMILES string of the molecule is Cn1cc([C@H](O)CNC(=O)c2ccc(Cl)s2)c2ccccc21. The van der Waals surface area contributed by atoms with Crippen molar-refractivity contribution in [3.63, 3.8) is 0 Å². The first-order valence-electron chi connectivity index (χ1n) is 6.82. The standard InChI is InChI=1S/C16H15ClN2O2S/c1-19-9-11(10-4-2-3-5-12(10)19)13(20)8-18-16(21)14-6-7-15(17)22-14/h2-7,9,13,20H,8H2,1H3,(H,18,21)/t13-/m1/s1. The van der Waals surface area contributed by atoms with Gasteiger partial charge in [-0.15, -0.1) is 11.3 Å². The second-order valence-corrected chi connectivity index (χ2v) is 6.76. The maximum Gasteiger partial charge on any atom is 0.261 e. The zero-order valence-electron chi connectivity index (χ0n) is 11.9. The van der Waals surface area contributed by atoms with Crippen LogP contribution in [-0.2, 0) is 7.05 Å². The van der Waals surface area contributed by atoms with Crippen molar-refractivity contribution in [3.05, 3.63) is 57.4 Å². The van der Waals surface area contributed by atoms with Gasteiger partial charge in [-0.25, -0.2) is 0 Å². The van der Waals surface area contributed by atoms with Gasteiger partial charge in [0.05, 0.1) is 15.3 Å². The fraction of sp³-hybridized carbons (Fsp3) is 0.188. The highest BCUT2D eigenvalue weighted by Gasteiger charge is 2.16. The maximum atomic E-state index is 12.0. The average molecular weight is 335 g/mol. The van der Waals surface area contributed by atoms with Gasteiger partial charge in [0, 0.05) is 36.3 Å². The monoisotopic (exact) mass is 334 g/mol. The molecule has 3 aromatic rings. The number of aryl methyl sites for hydroxylation is 1. The molecule has 0 aliphatic heterocycles. The molecule has 0 fully saturated rings.